The van der Waals surface area contributed by atoms with Crippen LogP contribution in [0.5, 0.6) is 0 Å². The monoisotopic (exact) mass is 260 g/mol. The summed E-state index contributed by atoms with van der Waals surface area (Å²) in [5.41, 5.74) is 2.72. The highest BCUT2D eigenvalue weighted by atomic mass is 16.6. The maximum atomic E-state index is 10.7. The van der Waals surface area contributed by atoms with Gasteiger partial charge in [0.1, 0.15) is 0 Å². The van der Waals surface area contributed by atoms with Crippen LogP contribution in [0.1, 0.15) is 18.2 Å². The quantitative estimate of drug-likeness (QED) is 0.660. The van der Waals surface area contributed by atoms with E-state index >= 15 is 0 Å². The van der Waals surface area contributed by atoms with Crippen LogP contribution < -0.4 is 5.32 Å². The molecule has 0 aliphatic heterocycles. The van der Waals surface area contributed by atoms with E-state index in [0.29, 0.717) is 0 Å². The number of non-ortho nitro benzene ring substituents is 1. The minimum atomic E-state index is -0.392. The van der Waals surface area contributed by atoms with Gasteiger partial charge in [0.2, 0.25) is 0 Å². The number of nitrogens with one attached hydrogen (secondary N) is 1. The third kappa shape index (κ3) is 2.97. The second-order valence-corrected chi connectivity index (χ2v) is 4.26. The normalized spacial score (nSPS) is 10.6. The fourth-order valence-electron chi connectivity index (χ4n) is 1.85. The Bertz CT molecular complexity index is 592. The Kier molecular flexibility index (Phi) is 3.91. The van der Waals surface area contributed by atoms with Gasteiger partial charge in [-0.25, -0.2) is 4.68 Å². The van der Waals surface area contributed by atoms with Gasteiger partial charge < -0.3 is 5.32 Å². The van der Waals surface area contributed by atoms with Crippen molar-refractivity contribution in [3.63, 3.8) is 0 Å². The third-order valence-corrected chi connectivity index (χ3v) is 2.84. The Morgan fingerprint density at radius 2 is 2.21 bits per heavy atom. The lowest BCUT2D eigenvalue weighted by molar-refractivity contribution is -0.384. The average Bonchev–Trinajstić information content (AvgIpc) is 2.84. The summed E-state index contributed by atoms with van der Waals surface area (Å²) < 4.78 is 1.74. The van der Waals surface area contributed by atoms with Crippen LogP contribution in [0.25, 0.3) is 5.69 Å². The number of aryl methyl sites for hydroxylation is 1. The fraction of sp³-hybridized carbons (Fsp3) is 0.308. The predicted octanol–water partition coefficient (Wildman–Crippen LogP) is 2.20. The van der Waals surface area contributed by atoms with Gasteiger partial charge in [0.25, 0.3) is 5.69 Å². The summed E-state index contributed by atoms with van der Waals surface area (Å²) in [6, 6.07) is 6.70. The Morgan fingerprint density at radius 1 is 1.42 bits per heavy atom. The lowest BCUT2D eigenvalue weighted by Gasteiger charge is -2.05. The van der Waals surface area contributed by atoms with E-state index in [-0.39, 0.29) is 5.69 Å². The summed E-state index contributed by atoms with van der Waals surface area (Å²) in [6.07, 6.45) is 1.86. The number of benzene rings is 1. The van der Waals surface area contributed by atoms with Crippen molar-refractivity contribution < 1.29 is 4.92 Å². The highest BCUT2D eigenvalue weighted by Crippen LogP contribution is 2.20. The van der Waals surface area contributed by atoms with Crippen molar-refractivity contribution >= 4 is 5.69 Å². The molecule has 0 amide bonds. The molecule has 19 heavy (non-hydrogen) atoms. The highest BCUT2D eigenvalue weighted by molar-refractivity contribution is 5.47. The summed E-state index contributed by atoms with van der Waals surface area (Å²) in [5, 5.41) is 18.3. The van der Waals surface area contributed by atoms with Crippen molar-refractivity contribution in [2.24, 2.45) is 0 Å². The van der Waals surface area contributed by atoms with Gasteiger partial charge in [0, 0.05) is 24.9 Å². The number of hydrogen-bond donors (Lipinski definition) is 1. The molecule has 0 unspecified atom stereocenters. The maximum absolute atomic E-state index is 10.7. The van der Waals surface area contributed by atoms with Gasteiger partial charge in [0.15, 0.2) is 0 Å². The molecule has 2 rings (SSSR count). The molecule has 0 atom stereocenters. The molecule has 1 aromatic heterocycles. The molecule has 0 spiro atoms. The standard InChI is InChI=1S/C13H16N4O2/c1-3-14-9-11-6-7-16(15-11)13-5-4-12(17(18)19)8-10(13)2/h4-8,14H,3,9H2,1-2H3. The number of aromatic nitrogens is 2. The van der Waals surface area contributed by atoms with Crippen LogP contribution in [-0.2, 0) is 6.54 Å². The van der Waals surface area contributed by atoms with Crippen molar-refractivity contribution in [2.75, 3.05) is 6.54 Å². The van der Waals surface area contributed by atoms with Crippen LogP contribution >= 0.6 is 0 Å². The van der Waals surface area contributed by atoms with Gasteiger partial charge >= 0.3 is 0 Å². The molecule has 100 valence electrons. The van der Waals surface area contributed by atoms with E-state index in [4.69, 9.17) is 0 Å². The molecule has 6 heteroatoms. The van der Waals surface area contributed by atoms with Crippen LogP contribution in [-0.4, -0.2) is 21.2 Å². The van der Waals surface area contributed by atoms with Crippen molar-refractivity contribution in [1.82, 2.24) is 15.1 Å². The zero-order chi connectivity index (χ0) is 13.8. The molecule has 0 saturated carbocycles. The van der Waals surface area contributed by atoms with Crippen LogP contribution in [0, 0.1) is 17.0 Å². The van der Waals surface area contributed by atoms with Crippen LogP contribution in [0.2, 0.25) is 0 Å². The molecule has 0 radical (unpaired) electrons. The molecule has 0 bridgehead atoms. The molecule has 0 aliphatic carbocycles. The smallest absolute Gasteiger partial charge is 0.269 e. The second-order valence-electron chi connectivity index (χ2n) is 4.26. The number of nitro groups is 1. The molecule has 0 aliphatic rings. The lowest BCUT2D eigenvalue weighted by Crippen LogP contribution is -2.12. The summed E-state index contributed by atoms with van der Waals surface area (Å²) >= 11 is 0. The van der Waals surface area contributed by atoms with Gasteiger partial charge in [-0.3, -0.25) is 10.1 Å². The SMILES string of the molecule is CCNCc1ccn(-c2ccc([N+](=O)[O-])cc2C)n1. The van der Waals surface area contributed by atoms with Crippen molar-refractivity contribution in [2.45, 2.75) is 20.4 Å². The van der Waals surface area contributed by atoms with Crippen LogP contribution in [0.3, 0.4) is 0 Å². The molecule has 2 aromatic rings. The molecular weight excluding hydrogens is 244 g/mol. The Balaban J connectivity index is 2.26. The topological polar surface area (TPSA) is 73.0 Å². The summed E-state index contributed by atoms with van der Waals surface area (Å²) in [5.74, 6) is 0. The summed E-state index contributed by atoms with van der Waals surface area (Å²) in [4.78, 5) is 10.3. The van der Waals surface area contributed by atoms with E-state index in [1.807, 2.05) is 26.1 Å². The van der Waals surface area contributed by atoms with Crippen LogP contribution in [0.15, 0.2) is 30.5 Å². The Labute approximate surface area is 111 Å². The summed E-state index contributed by atoms with van der Waals surface area (Å²) in [7, 11) is 0. The molecule has 1 heterocycles. The minimum Gasteiger partial charge on any atom is -0.311 e. The molecule has 1 N–H and O–H groups in total. The van der Waals surface area contributed by atoms with E-state index in [9.17, 15) is 10.1 Å². The first-order valence-electron chi connectivity index (χ1n) is 6.12. The molecule has 0 fully saturated rings. The Hall–Kier alpha value is -2.21. The van der Waals surface area contributed by atoms with E-state index < -0.39 is 4.92 Å². The zero-order valence-electron chi connectivity index (χ0n) is 11.0. The number of hydrogen-bond acceptors (Lipinski definition) is 4. The number of nitrogens with zero attached hydrogens (tertiary/aromatic N) is 3. The molecule has 1 aromatic carbocycles. The third-order valence-electron chi connectivity index (χ3n) is 2.84. The van der Waals surface area contributed by atoms with Gasteiger partial charge in [-0.1, -0.05) is 6.92 Å². The van der Waals surface area contributed by atoms with Gasteiger partial charge in [-0.05, 0) is 31.2 Å². The van der Waals surface area contributed by atoms with Gasteiger partial charge in [0.05, 0.1) is 16.3 Å². The maximum Gasteiger partial charge on any atom is 0.269 e. The van der Waals surface area contributed by atoms with Crippen molar-refractivity contribution in [1.29, 1.82) is 0 Å². The van der Waals surface area contributed by atoms with Crippen LogP contribution in [0.4, 0.5) is 5.69 Å². The van der Waals surface area contributed by atoms with Crippen molar-refractivity contribution in [3.05, 3.63) is 51.8 Å². The fourth-order valence-corrected chi connectivity index (χ4v) is 1.85. The first-order valence-corrected chi connectivity index (χ1v) is 6.12. The molecule has 6 nitrogen and oxygen atoms in total. The van der Waals surface area contributed by atoms with E-state index in [1.165, 1.54) is 6.07 Å². The van der Waals surface area contributed by atoms with Crippen molar-refractivity contribution in [3.8, 4) is 5.69 Å². The first kappa shape index (κ1) is 13.2. The average molecular weight is 260 g/mol. The molecule has 0 saturated heterocycles. The van der Waals surface area contributed by atoms with Gasteiger partial charge in [-0.15, -0.1) is 0 Å². The first-order chi connectivity index (χ1) is 9.11. The lowest BCUT2D eigenvalue weighted by atomic mass is 10.2. The largest absolute Gasteiger partial charge is 0.311 e. The number of nitro benzene ring substituents is 1. The minimum absolute atomic E-state index is 0.0984. The highest BCUT2D eigenvalue weighted by Gasteiger charge is 2.10. The van der Waals surface area contributed by atoms with Gasteiger partial charge in [-0.2, -0.15) is 5.10 Å². The number of rotatable bonds is 5. The summed E-state index contributed by atoms with van der Waals surface area (Å²) in [6.45, 7) is 5.49. The van der Waals surface area contributed by atoms with E-state index in [0.717, 1.165) is 30.0 Å². The zero-order valence-corrected chi connectivity index (χ0v) is 11.0. The molecular formula is C13H16N4O2. The second kappa shape index (κ2) is 5.62. The van der Waals surface area contributed by atoms with E-state index in [2.05, 4.69) is 10.4 Å². The Morgan fingerprint density at radius 3 is 2.84 bits per heavy atom. The predicted molar refractivity (Wildman–Crippen MR) is 72.3 cm³/mol. The van der Waals surface area contributed by atoms with E-state index in [1.54, 1.807) is 16.8 Å².